The van der Waals surface area contributed by atoms with Crippen molar-refractivity contribution in [2.75, 3.05) is 16.4 Å². The molecular formula is C22H21FN6O2S2. The highest BCUT2D eigenvalue weighted by Gasteiger charge is 2.17. The van der Waals surface area contributed by atoms with E-state index in [0.29, 0.717) is 22.7 Å². The summed E-state index contributed by atoms with van der Waals surface area (Å²) < 4.78 is 16.5. The van der Waals surface area contributed by atoms with Crippen molar-refractivity contribution in [3.05, 3.63) is 59.7 Å². The van der Waals surface area contributed by atoms with E-state index < -0.39 is 11.7 Å². The molecule has 0 atom stereocenters. The maximum atomic E-state index is 13.8. The summed E-state index contributed by atoms with van der Waals surface area (Å²) in [4.78, 5) is 29.3. The van der Waals surface area contributed by atoms with Gasteiger partial charge in [0.1, 0.15) is 11.6 Å². The molecule has 2 N–H and O–H groups in total. The summed E-state index contributed by atoms with van der Waals surface area (Å²) in [6.07, 6.45) is -0.0625. The van der Waals surface area contributed by atoms with Crippen molar-refractivity contribution in [3.63, 3.8) is 0 Å². The number of amides is 2. The van der Waals surface area contributed by atoms with Crippen LogP contribution in [0.4, 0.5) is 15.2 Å². The summed E-state index contributed by atoms with van der Waals surface area (Å²) in [6, 6.07) is 11.9. The van der Waals surface area contributed by atoms with Crippen LogP contribution in [-0.4, -0.2) is 37.3 Å². The van der Waals surface area contributed by atoms with E-state index in [9.17, 15) is 14.0 Å². The van der Waals surface area contributed by atoms with Crippen LogP contribution in [0.15, 0.2) is 47.6 Å². The van der Waals surface area contributed by atoms with Gasteiger partial charge in [-0.15, -0.1) is 10.2 Å². The Balaban J connectivity index is 1.36. The molecule has 4 rings (SSSR count). The molecule has 8 nitrogen and oxygen atoms in total. The van der Waals surface area contributed by atoms with E-state index in [4.69, 9.17) is 0 Å². The van der Waals surface area contributed by atoms with Gasteiger partial charge in [0, 0.05) is 6.54 Å². The Bertz CT molecular complexity index is 1320. The molecular weight excluding hydrogens is 463 g/mol. The van der Waals surface area contributed by atoms with Gasteiger partial charge in [-0.25, -0.2) is 9.37 Å². The fourth-order valence-corrected chi connectivity index (χ4v) is 4.98. The van der Waals surface area contributed by atoms with Gasteiger partial charge in [0.25, 0.3) is 0 Å². The fraction of sp³-hybridized carbons (Fsp3) is 0.227. The molecule has 0 unspecified atom stereocenters. The highest BCUT2D eigenvalue weighted by Crippen LogP contribution is 2.28. The number of para-hydroxylation sites is 2. The summed E-state index contributed by atoms with van der Waals surface area (Å²) in [6.45, 7) is 4.40. The molecule has 0 aliphatic rings. The highest BCUT2D eigenvalue weighted by atomic mass is 32.2. The lowest BCUT2D eigenvalue weighted by molar-refractivity contribution is -0.116. The Morgan fingerprint density at radius 2 is 1.91 bits per heavy atom. The monoisotopic (exact) mass is 484 g/mol. The number of hydrogen-bond donors (Lipinski definition) is 2. The van der Waals surface area contributed by atoms with Crippen LogP contribution in [-0.2, 0) is 22.6 Å². The summed E-state index contributed by atoms with van der Waals surface area (Å²) >= 11 is 2.65. The first-order valence-electron chi connectivity index (χ1n) is 10.2. The number of benzene rings is 2. The summed E-state index contributed by atoms with van der Waals surface area (Å²) in [5, 5.41) is 14.7. The van der Waals surface area contributed by atoms with Gasteiger partial charge in [0.05, 0.1) is 28.1 Å². The van der Waals surface area contributed by atoms with Crippen LogP contribution in [0.3, 0.4) is 0 Å². The minimum Gasteiger partial charge on any atom is -0.323 e. The van der Waals surface area contributed by atoms with Crippen LogP contribution >= 0.6 is 23.1 Å². The molecule has 0 fully saturated rings. The van der Waals surface area contributed by atoms with E-state index >= 15 is 0 Å². The van der Waals surface area contributed by atoms with Crippen LogP contribution in [0.2, 0.25) is 0 Å². The molecule has 2 aromatic carbocycles. The van der Waals surface area contributed by atoms with Crippen molar-refractivity contribution < 1.29 is 14.0 Å². The van der Waals surface area contributed by atoms with Crippen LogP contribution in [0.1, 0.15) is 18.3 Å². The predicted octanol–water partition coefficient (Wildman–Crippen LogP) is 4.27. The number of aromatic nitrogens is 4. The number of thioether (sulfide) groups is 1. The predicted molar refractivity (Wildman–Crippen MR) is 128 cm³/mol. The first kappa shape index (κ1) is 22.9. The molecule has 4 aromatic rings. The third kappa shape index (κ3) is 5.37. The van der Waals surface area contributed by atoms with Crippen molar-refractivity contribution in [2.24, 2.45) is 0 Å². The molecule has 11 heteroatoms. The topological polar surface area (TPSA) is 102 Å². The van der Waals surface area contributed by atoms with Gasteiger partial charge in [0.15, 0.2) is 10.3 Å². The zero-order chi connectivity index (χ0) is 23.4. The Kier molecular flexibility index (Phi) is 6.99. The van der Waals surface area contributed by atoms with E-state index in [1.165, 1.54) is 35.2 Å². The molecule has 0 aliphatic carbocycles. The number of carbonyl (C=O) groups is 2. The van der Waals surface area contributed by atoms with E-state index in [1.54, 1.807) is 16.7 Å². The van der Waals surface area contributed by atoms with E-state index in [1.807, 2.05) is 32.0 Å². The second-order valence-electron chi connectivity index (χ2n) is 7.13. The molecule has 2 amide bonds. The SMILES string of the molecule is CCn1c(CC(=O)Nc2ccccc2F)nnc1SCC(=O)Nc1nc2c(C)cccc2s1. The number of thiazole rings is 1. The van der Waals surface area contributed by atoms with Crippen molar-refractivity contribution in [2.45, 2.75) is 32.0 Å². The number of anilines is 2. The molecule has 0 aliphatic heterocycles. The second-order valence-corrected chi connectivity index (χ2v) is 9.10. The minimum atomic E-state index is -0.506. The van der Waals surface area contributed by atoms with Gasteiger partial charge in [-0.1, -0.05) is 47.4 Å². The molecule has 0 bridgehead atoms. The van der Waals surface area contributed by atoms with Crippen molar-refractivity contribution in [1.82, 2.24) is 19.7 Å². The summed E-state index contributed by atoms with van der Waals surface area (Å²) in [5.41, 5.74) is 2.05. The van der Waals surface area contributed by atoms with Gasteiger partial charge in [-0.3, -0.25) is 9.59 Å². The van der Waals surface area contributed by atoms with Crippen LogP contribution in [0, 0.1) is 12.7 Å². The average Bonchev–Trinajstić information content (AvgIpc) is 3.37. The van der Waals surface area contributed by atoms with E-state index in [0.717, 1.165) is 15.8 Å². The van der Waals surface area contributed by atoms with E-state index in [2.05, 4.69) is 25.8 Å². The molecule has 2 aromatic heterocycles. The van der Waals surface area contributed by atoms with Crippen LogP contribution < -0.4 is 10.6 Å². The van der Waals surface area contributed by atoms with Crippen molar-refractivity contribution in [3.8, 4) is 0 Å². The Morgan fingerprint density at radius 1 is 1.09 bits per heavy atom. The molecule has 0 saturated carbocycles. The number of carbonyl (C=O) groups excluding carboxylic acids is 2. The fourth-order valence-electron chi connectivity index (χ4n) is 3.20. The lowest BCUT2D eigenvalue weighted by atomic mass is 10.2. The number of halogens is 1. The zero-order valence-electron chi connectivity index (χ0n) is 18.0. The quantitative estimate of drug-likeness (QED) is 0.362. The van der Waals surface area contributed by atoms with E-state index in [-0.39, 0.29) is 23.8 Å². The summed E-state index contributed by atoms with van der Waals surface area (Å²) in [7, 11) is 0. The first-order valence-corrected chi connectivity index (χ1v) is 12.0. The Labute approximate surface area is 197 Å². The minimum absolute atomic E-state index is 0.0625. The largest absolute Gasteiger partial charge is 0.323 e. The molecule has 0 spiro atoms. The Morgan fingerprint density at radius 3 is 2.67 bits per heavy atom. The van der Waals surface area contributed by atoms with Crippen LogP contribution in [0.25, 0.3) is 10.2 Å². The summed E-state index contributed by atoms with van der Waals surface area (Å²) in [5.74, 6) is -0.554. The van der Waals surface area contributed by atoms with Gasteiger partial charge in [-0.05, 0) is 37.6 Å². The third-order valence-electron chi connectivity index (χ3n) is 4.78. The number of nitrogens with one attached hydrogen (secondary N) is 2. The average molecular weight is 485 g/mol. The number of fused-ring (bicyclic) bond motifs is 1. The van der Waals surface area contributed by atoms with Gasteiger partial charge in [-0.2, -0.15) is 0 Å². The first-order chi connectivity index (χ1) is 15.9. The molecule has 0 radical (unpaired) electrons. The number of hydrogen-bond acceptors (Lipinski definition) is 7. The maximum absolute atomic E-state index is 13.8. The normalized spacial score (nSPS) is 11.0. The molecule has 170 valence electrons. The van der Waals surface area contributed by atoms with Crippen molar-refractivity contribution >= 4 is 55.9 Å². The highest BCUT2D eigenvalue weighted by molar-refractivity contribution is 7.99. The number of nitrogens with zero attached hydrogens (tertiary/aromatic N) is 4. The van der Waals surface area contributed by atoms with Gasteiger partial charge < -0.3 is 15.2 Å². The standard InChI is InChI=1S/C22H21FN6O2S2/c1-3-29-17(11-18(30)24-15-9-5-4-8-14(15)23)27-28-22(29)32-12-19(31)25-21-26-20-13(2)7-6-10-16(20)33-21/h4-10H,3,11-12H2,1-2H3,(H,24,30)(H,25,26,31). The van der Waals surface area contributed by atoms with Gasteiger partial charge >= 0.3 is 0 Å². The molecule has 2 heterocycles. The van der Waals surface area contributed by atoms with Gasteiger partial charge in [0.2, 0.25) is 11.8 Å². The Hall–Kier alpha value is -3.31. The lowest BCUT2D eigenvalue weighted by Crippen LogP contribution is -2.18. The number of rotatable bonds is 8. The third-order valence-corrected chi connectivity index (χ3v) is 6.68. The molecule has 0 saturated heterocycles. The number of aryl methyl sites for hydroxylation is 1. The van der Waals surface area contributed by atoms with Crippen molar-refractivity contribution in [1.29, 1.82) is 0 Å². The lowest BCUT2D eigenvalue weighted by Gasteiger charge is -2.08. The zero-order valence-corrected chi connectivity index (χ0v) is 19.6. The smallest absolute Gasteiger partial charge is 0.236 e. The molecule has 33 heavy (non-hydrogen) atoms. The maximum Gasteiger partial charge on any atom is 0.236 e. The second kappa shape index (κ2) is 10.1. The van der Waals surface area contributed by atoms with Crippen LogP contribution in [0.5, 0.6) is 0 Å².